The zero-order chi connectivity index (χ0) is 21.6. The van der Waals surface area contributed by atoms with Crippen molar-refractivity contribution in [3.8, 4) is 0 Å². The van der Waals surface area contributed by atoms with E-state index in [1.165, 1.54) is 0 Å². The van der Waals surface area contributed by atoms with Gasteiger partial charge in [0.1, 0.15) is 5.82 Å². The standard InChI is InChI=1S/C23H30N6O2/c1-28-9-11-29(12-10-28)21-8-5-18(15-24-21)16-26-23(31)25-14-17-3-2-4-20(13-17)27-22(30)19-6-7-19/h2-5,8,13,15,19H,6-7,9-12,14,16H2,1H3,(H,27,30)(H2,25,26,31). The van der Waals surface area contributed by atoms with Crippen LogP contribution in [0.15, 0.2) is 42.6 Å². The van der Waals surface area contributed by atoms with Gasteiger partial charge >= 0.3 is 6.03 Å². The van der Waals surface area contributed by atoms with Crippen molar-refractivity contribution in [1.29, 1.82) is 0 Å². The number of piperazine rings is 1. The number of carbonyl (C=O) groups is 2. The number of anilines is 2. The largest absolute Gasteiger partial charge is 0.354 e. The van der Waals surface area contributed by atoms with E-state index < -0.39 is 0 Å². The van der Waals surface area contributed by atoms with Gasteiger partial charge in [0.2, 0.25) is 5.91 Å². The number of urea groups is 1. The Morgan fingerprint density at radius 1 is 1.00 bits per heavy atom. The molecule has 4 rings (SSSR count). The van der Waals surface area contributed by atoms with E-state index in [2.05, 4.69) is 37.8 Å². The lowest BCUT2D eigenvalue weighted by Gasteiger charge is -2.33. The van der Waals surface area contributed by atoms with E-state index in [4.69, 9.17) is 0 Å². The molecule has 0 atom stereocenters. The summed E-state index contributed by atoms with van der Waals surface area (Å²) in [6, 6.07) is 11.3. The minimum Gasteiger partial charge on any atom is -0.354 e. The first-order valence-corrected chi connectivity index (χ1v) is 10.9. The maximum Gasteiger partial charge on any atom is 0.315 e. The van der Waals surface area contributed by atoms with Gasteiger partial charge in [-0.05, 0) is 49.2 Å². The zero-order valence-corrected chi connectivity index (χ0v) is 17.9. The van der Waals surface area contributed by atoms with Gasteiger partial charge in [-0.25, -0.2) is 9.78 Å². The van der Waals surface area contributed by atoms with Gasteiger partial charge < -0.3 is 25.8 Å². The van der Waals surface area contributed by atoms with Crippen LogP contribution in [0, 0.1) is 5.92 Å². The highest BCUT2D eigenvalue weighted by Gasteiger charge is 2.29. The number of rotatable bonds is 7. The minimum absolute atomic E-state index is 0.0788. The molecule has 0 bridgehead atoms. The van der Waals surface area contributed by atoms with E-state index in [9.17, 15) is 9.59 Å². The molecule has 2 heterocycles. The summed E-state index contributed by atoms with van der Waals surface area (Å²) in [6.07, 6.45) is 3.77. The van der Waals surface area contributed by atoms with Crippen LogP contribution in [0.3, 0.4) is 0 Å². The first-order chi connectivity index (χ1) is 15.1. The van der Waals surface area contributed by atoms with Crippen LogP contribution in [0.25, 0.3) is 0 Å². The number of amides is 3. The van der Waals surface area contributed by atoms with Crippen LogP contribution in [-0.2, 0) is 17.9 Å². The second kappa shape index (κ2) is 9.78. The molecule has 164 valence electrons. The van der Waals surface area contributed by atoms with E-state index in [0.29, 0.717) is 13.1 Å². The van der Waals surface area contributed by atoms with Crippen LogP contribution >= 0.6 is 0 Å². The van der Waals surface area contributed by atoms with Crippen LogP contribution < -0.4 is 20.9 Å². The van der Waals surface area contributed by atoms with E-state index >= 15 is 0 Å². The van der Waals surface area contributed by atoms with Crippen molar-refractivity contribution in [2.24, 2.45) is 5.92 Å². The van der Waals surface area contributed by atoms with Crippen molar-refractivity contribution in [1.82, 2.24) is 20.5 Å². The third kappa shape index (κ3) is 6.18. The molecule has 8 nitrogen and oxygen atoms in total. The van der Waals surface area contributed by atoms with Crippen LogP contribution in [0.4, 0.5) is 16.3 Å². The van der Waals surface area contributed by atoms with Gasteiger partial charge in [-0.3, -0.25) is 4.79 Å². The first kappa shape index (κ1) is 21.1. The molecule has 0 spiro atoms. The maximum absolute atomic E-state index is 12.2. The molecule has 1 saturated carbocycles. The fourth-order valence-corrected chi connectivity index (χ4v) is 3.52. The van der Waals surface area contributed by atoms with E-state index in [1.54, 1.807) is 0 Å². The van der Waals surface area contributed by atoms with Crippen molar-refractivity contribution >= 4 is 23.4 Å². The molecule has 0 radical (unpaired) electrons. The Labute approximate surface area is 183 Å². The topological polar surface area (TPSA) is 89.6 Å². The maximum atomic E-state index is 12.2. The van der Waals surface area contributed by atoms with E-state index in [1.807, 2.05) is 42.6 Å². The summed E-state index contributed by atoms with van der Waals surface area (Å²) >= 11 is 0. The third-order valence-corrected chi connectivity index (χ3v) is 5.69. The molecule has 2 fully saturated rings. The SMILES string of the molecule is CN1CCN(c2ccc(CNC(=O)NCc3cccc(NC(=O)C4CC4)c3)cn2)CC1. The Balaban J connectivity index is 1.20. The normalized spacial score (nSPS) is 16.6. The Bertz CT molecular complexity index is 905. The number of hydrogen-bond acceptors (Lipinski definition) is 5. The number of carbonyl (C=O) groups excluding carboxylic acids is 2. The summed E-state index contributed by atoms with van der Waals surface area (Å²) in [5.74, 6) is 1.22. The molecule has 2 aliphatic rings. The second-order valence-corrected chi connectivity index (χ2v) is 8.32. The molecule has 3 N–H and O–H groups in total. The minimum atomic E-state index is -0.240. The van der Waals surface area contributed by atoms with Crippen molar-refractivity contribution < 1.29 is 9.59 Å². The molecule has 3 amide bonds. The third-order valence-electron chi connectivity index (χ3n) is 5.69. The van der Waals surface area contributed by atoms with Crippen molar-refractivity contribution in [2.75, 3.05) is 43.4 Å². The Hall–Kier alpha value is -3.13. The first-order valence-electron chi connectivity index (χ1n) is 10.9. The number of benzene rings is 1. The number of likely N-dealkylation sites (N-methyl/N-ethyl adjacent to an activating group) is 1. The fourth-order valence-electron chi connectivity index (χ4n) is 3.52. The van der Waals surface area contributed by atoms with Gasteiger partial charge in [-0.1, -0.05) is 18.2 Å². The smallest absolute Gasteiger partial charge is 0.315 e. The van der Waals surface area contributed by atoms with Gasteiger partial charge in [0.05, 0.1) is 0 Å². The summed E-state index contributed by atoms with van der Waals surface area (Å²) in [7, 11) is 2.13. The molecular formula is C23H30N6O2. The summed E-state index contributed by atoms with van der Waals surface area (Å²) in [6.45, 7) is 4.85. The lowest BCUT2D eigenvalue weighted by Crippen LogP contribution is -2.44. The van der Waals surface area contributed by atoms with Crippen LogP contribution in [-0.4, -0.2) is 55.0 Å². The van der Waals surface area contributed by atoms with Gasteiger partial charge in [-0.2, -0.15) is 0 Å². The highest BCUT2D eigenvalue weighted by Crippen LogP contribution is 2.30. The highest BCUT2D eigenvalue weighted by molar-refractivity contribution is 5.94. The van der Waals surface area contributed by atoms with Crippen molar-refractivity contribution in [3.63, 3.8) is 0 Å². The molecule has 8 heteroatoms. The van der Waals surface area contributed by atoms with Crippen molar-refractivity contribution in [2.45, 2.75) is 25.9 Å². The fraction of sp³-hybridized carbons (Fsp3) is 0.435. The molecule has 2 aromatic rings. The monoisotopic (exact) mass is 422 g/mol. The van der Waals surface area contributed by atoms with Crippen LogP contribution in [0.2, 0.25) is 0 Å². The zero-order valence-electron chi connectivity index (χ0n) is 17.9. The molecule has 1 saturated heterocycles. The molecule has 0 unspecified atom stereocenters. The average molecular weight is 423 g/mol. The lowest BCUT2D eigenvalue weighted by atomic mass is 10.2. The average Bonchev–Trinajstić information content (AvgIpc) is 3.63. The quantitative estimate of drug-likeness (QED) is 0.636. The summed E-state index contributed by atoms with van der Waals surface area (Å²) in [4.78, 5) is 33.2. The van der Waals surface area contributed by atoms with Gasteiger partial charge in [0.25, 0.3) is 0 Å². The summed E-state index contributed by atoms with van der Waals surface area (Å²) in [5.41, 5.74) is 2.66. The Kier molecular flexibility index (Phi) is 6.66. The summed E-state index contributed by atoms with van der Waals surface area (Å²) < 4.78 is 0. The van der Waals surface area contributed by atoms with Gasteiger partial charge in [0.15, 0.2) is 0 Å². The van der Waals surface area contributed by atoms with Gasteiger partial charge in [-0.15, -0.1) is 0 Å². The van der Waals surface area contributed by atoms with Crippen LogP contribution in [0.5, 0.6) is 0 Å². The predicted octanol–water partition coefficient (Wildman–Crippen LogP) is 2.18. The lowest BCUT2D eigenvalue weighted by molar-refractivity contribution is -0.117. The summed E-state index contributed by atoms with van der Waals surface area (Å²) in [5, 5.41) is 8.65. The number of pyridine rings is 1. The number of aromatic nitrogens is 1. The molecule has 1 aromatic heterocycles. The number of hydrogen-bond donors (Lipinski definition) is 3. The molecule has 31 heavy (non-hydrogen) atoms. The number of nitrogens with zero attached hydrogens (tertiary/aromatic N) is 3. The van der Waals surface area contributed by atoms with E-state index in [-0.39, 0.29) is 17.9 Å². The number of nitrogens with one attached hydrogen (secondary N) is 3. The molecular weight excluding hydrogens is 392 g/mol. The molecule has 1 aliphatic heterocycles. The van der Waals surface area contributed by atoms with Crippen molar-refractivity contribution in [3.05, 3.63) is 53.7 Å². The highest BCUT2D eigenvalue weighted by atomic mass is 16.2. The molecule has 1 aliphatic carbocycles. The van der Waals surface area contributed by atoms with Crippen LogP contribution in [0.1, 0.15) is 24.0 Å². The second-order valence-electron chi connectivity index (χ2n) is 8.32. The Morgan fingerprint density at radius 3 is 2.42 bits per heavy atom. The predicted molar refractivity (Wildman–Crippen MR) is 121 cm³/mol. The Morgan fingerprint density at radius 2 is 1.74 bits per heavy atom. The van der Waals surface area contributed by atoms with Gasteiger partial charge in [0, 0.05) is 57.1 Å². The van der Waals surface area contributed by atoms with E-state index in [0.717, 1.165) is 61.7 Å². The molecule has 1 aromatic carbocycles.